The van der Waals surface area contributed by atoms with Gasteiger partial charge >= 0.3 is 0 Å². The molecule has 0 unspecified atom stereocenters. The molecule has 248 valence electrons. The van der Waals surface area contributed by atoms with Crippen molar-refractivity contribution in [2.24, 2.45) is 0 Å². The Morgan fingerprint density at radius 3 is 1.86 bits per heavy atom. The summed E-state index contributed by atoms with van der Waals surface area (Å²) in [5.74, 6) is 0.206. The molecule has 0 aliphatic carbocycles. The van der Waals surface area contributed by atoms with Gasteiger partial charge in [0.05, 0.1) is 11.4 Å². The van der Waals surface area contributed by atoms with Crippen molar-refractivity contribution in [3.63, 3.8) is 0 Å². The quantitative estimate of drug-likeness (QED) is 0.191. The number of fused-ring (bicyclic) bond motifs is 1. The van der Waals surface area contributed by atoms with Crippen LogP contribution in [0.25, 0.3) is 55.5 Å². The average Bonchev–Trinajstić information content (AvgIpc) is 3.11. The van der Waals surface area contributed by atoms with Crippen LogP contribution in [0.5, 0.6) is 5.75 Å². The third kappa shape index (κ3) is 7.08. The Morgan fingerprint density at radius 1 is 0.520 bits per heavy atom. The number of hydrogen-bond donors (Lipinski definition) is 1. The van der Waals surface area contributed by atoms with Gasteiger partial charge in [0.1, 0.15) is 10.8 Å². The molecule has 0 fully saturated rings. The predicted octanol–water partition coefficient (Wildman–Crippen LogP) is 12.7. The molecule has 2 heterocycles. The van der Waals surface area contributed by atoms with E-state index in [1.165, 1.54) is 21.9 Å². The molecule has 0 aliphatic heterocycles. The predicted molar refractivity (Wildman–Crippen MR) is 211 cm³/mol. The molecule has 0 amide bonds. The largest absolute Gasteiger partial charge is 0.507 e. The molecule has 4 heteroatoms. The first kappa shape index (κ1) is 33.3. The first-order valence-electron chi connectivity index (χ1n) is 17.1. The van der Waals surface area contributed by atoms with Crippen molar-refractivity contribution in [3.05, 3.63) is 151 Å². The highest BCUT2D eigenvalue weighted by atomic mass is 32.2. The van der Waals surface area contributed by atoms with Crippen molar-refractivity contribution in [2.45, 2.75) is 62.3 Å². The minimum Gasteiger partial charge on any atom is -0.507 e. The van der Waals surface area contributed by atoms with E-state index in [-0.39, 0.29) is 16.6 Å². The monoisotopic (exact) mass is 670 g/mol. The first-order chi connectivity index (χ1) is 23.9. The average molecular weight is 671 g/mol. The number of benzene rings is 5. The summed E-state index contributed by atoms with van der Waals surface area (Å²) >= 11 is 1.64. The van der Waals surface area contributed by atoms with Crippen molar-refractivity contribution in [3.8, 4) is 50.5 Å². The van der Waals surface area contributed by atoms with E-state index >= 15 is 0 Å². The Kier molecular flexibility index (Phi) is 8.84. The van der Waals surface area contributed by atoms with E-state index in [0.717, 1.165) is 49.1 Å². The van der Waals surface area contributed by atoms with Crippen molar-refractivity contribution < 1.29 is 5.11 Å². The van der Waals surface area contributed by atoms with Crippen LogP contribution in [-0.4, -0.2) is 15.1 Å². The summed E-state index contributed by atoms with van der Waals surface area (Å²) in [6, 6.07) is 46.5. The zero-order chi connectivity index (χ0) is 35.0. The molecule has 5 aromatic carbocycles. The maximum atomic E-state index is 11.0. The van der Waals surface area contributed by atoms with Gasteiger partial charge in [-0.25, -0.2) is 9.97 Å². The molecule has 0 saturated heterocycles. The van der Waals surface area contributed by atoms with Gasteiger partial charge in [-0.1, -0.05) is 132 Å². The zero-order valence-electron chi connectivity index (χ0n) is 29.5. The summed E-state index contributed by atoms with van der Waals surface area (Å²) in [7, 11) is 0. The summed E-state index contributed by atoms with van der Waals surface area (Å²) in [6.07, 6.45) is 1.83. The molecule has 0 bridgehead atoms. The molecule has 7 rings (SSSR count). The van der Waals surface area contributed by atoms with E-state index in [1.54, 1.807) is 17.8 Å². The first-order valence-corrected chi connectivity index (χ1v) is 17.9. The van der Waals surface area contributed by atoms with Gasteiger partial charge in [-0.3, -0.25) is 0 Å². The van der Waals surface area contributed by atoms with Gasteiger partial charge in [0.2, 0.25) is 0 Å². The lowest BCUT2D eigenvalue weighted by Crippen LogP contribution is -2.16. The molecule has 50 heavy (non-hydrogen) atoms. The number of pyridine rings is 2. The van der Waals surface area contributed by atoms with Gasteiger partial charge in [0, 0.05) is 22.2 Å². The van der Waals surface area contributed by atoms with E-state index in [1.807, 2.05) is 42.6 Å². The number of aromatic hydroxyl groups is 1. The van der Waals surface area contributed by atoms with Crippen molar-refractivity contribution in [1.29, 1.82) is 0 Å². The minimum atomic E-state index is -0.0310. The smallest absolute Gasteiger partial charge is 0.124 e. The molecule has 0 radical (unpaired) electrons. The van der Waals surface area contributed by atoms with Gasteiger partial charge in [-0.15, -0.1) is 0 Å². The Balaban J connectivity index is 1.49. The number of aromatic nitrogens is 2. The molecule has 1 N–H and O–H groups in total. The summed E-state index contributed by atoms with van der Waals surface area (Å²) < 4.78 is 0. The molecule has 0 aliphatic rings. The molecule has 0 saturated carbocycles. The zero-order valence-corrected chi connectivity index (χ0v) is 30.3. The topological polar surface area (TPSA) is 46.0 Å². The number of para-hydroxylation sites is 1. The Bertz CT molecular complexity index is 2290. The number of nitrogens with zero attached hydrogens (tertiary/aromatic N) is 2. The van der Waals surface area contributed by atoms with Crippen molar-refractivity contribution in [1.82, 2.24) is 9.97 Å². The van der Waals surface area contributed by atoms with Crippen molar-refractivity contribution >= 4 is 22.5 Å². The fourth-order valence-electron chi connectivity index (χ4n) is 6.30. The van der Waals surface area contributed by atoms with E-state index < -0.39 is 0 Å². The van der Waals surface area contributed by atoms with Crippen LogP contribution < -0.4 is 0 Å². The molecule has 2 aromatic heterocycles. The Morgan fingerprint density at radius 2 is 1.14 bits per heavy atom. The fraction of sp³-hybridized carbons (Fsp3) is 0.174. The van der Waals surface area contributed by atoms with E-state index in [9.17, 15) is 5.11 Å². The van der Waals surface area contributed by atoms with Gasteiger partial charge in [-0.05, 0) is 110 Å². The van der Waals surface area contributed by atoms with Crippen LogP contribution in [0.2, 0.25) is 0 Å². The van der Waals surface area contributed by atoms with Gasteiger partial charge in [-0.2, -0.15) is 0 Å². The number of rotatable bonds is 6. The highest BCUT2D eigenvalue weighted by Crippen LogP contribution is 2.41. The van der Waals surface area contributed by atoms with Crippen LogP contribution >= 0.6 is 11.8 Å². The third-order valence-corrected chi connectivity index (χ3v) is 10.1. The third-order valence-electron chi connectivity index (χ3n) is 9.17. The van der Waals surface area contributed by atoms with E-state index in [2.05, 4.69) is 138 Å². The highest BCUT2D eigenvalue weighted by molar-refractivity contribution is 7.99. The molecule has 0 atom stereocenters. The van der Waals surface area contributed by atoms with E-state index in [4.69, 9.17) is 4.98 Å². The lowest BCUT2D eigenvalue weighted by Gasteiger charge is -2.26. The van der Waals surface area contributed by atoms with Gasteiger partial charge in [0.25, 0.3) is 0 Å². The summed E-state index contributed by atoms with van der Waals surface area (Å²) in [5, 5.41) is 14.4. The lowest BCUT2D eigenvalue weighted by atomic mass is 9.79. The SMILES string of the molecule is CC(C)(C)c1cc(-c2cc(-c3cc(Sc4ccccn4)cc(-c4cccc5ccccc45)c3)nc(-c3ccccc3O)c2)cc(C(C)(C)C)c1. The molecular weight excluding hydrogens is 629 g/mol. The number of phenols is 1. The second kappa shape index (κ2) is 13.3. The number of phenolic OH excluding ortho intramolecular Hbond substituents is 1. The van der Waals surface area contributed by atoms with Crippen LogP contribution in [0.1, 0.15) is 52.7 Å². The second-order valence-electron chi connectivity index (χ2n) is 15.0. The molecule has 3 nitrogen and oxygen atoms in total. The summed E-state index contributed by atoms with van der Waals surface area (Å²) in [5.41, 5.74) is 10.2. The maximum Gasteiger partial charge on any atom is 0.124 e. The lowest BCUT2D eigenvalue weighted by molar-refractivity contribution is 0.477. The normalized spacial score (nSPS) is 12.0. The van der Waals surface area contributed by atoms with Crippen LogP contribution in [0.15, 0.2) is 150 Å². The number of hydrogen-bond acceptors (Lipinski definition) is 4. The summed E-state index contributed by atoms with van der Waals surface area (Å²) in [4.78, 5) is 11.0. The van der Waals surface area contributed by atoms with Crippen LogP contribution in [0.4, 0.5) is 0 Å². The second-order valence-corrected chi connectivity index (χ2v) is 16.1. The minimum absolute atomic E-state index is 0.0310. The molecule has 0 spiro atoms. The Hall–Kier alpha value is -5.19. The highest BCUT2D eigenvalue weighted by Gasteiger charge is 2.22. The van der Waals surface area contributed by atoms with E-state index in [0.29, 0.717) is 5.56 Å². The fourth-order valence-corrected chi connectivity index (χ4v) is 7.17. The van der Waals surface area contributed by atoms with Gasteiger partial charge in [0.15, 0.2) is 0 Å². The van der Waals surface area contributed by atoms with Crippen LogP contribution in [-0.2, 0) is 10.8 Å². The Labute approximate surface area is 300 Å². The summed E-state index contributed by atoms with van der Waals surface area (Å²) in [6.45, 7) is 13.6. The standard InChI is InChI=1S/C46H42N2OS/c1-45(2,3)35-23-31(24-36(29-35)46(4,5)6)32-27-41(48-42(28-32)40-17-9-10-19-43(40)49)34-22-33(25-37(26-34)50-44-20-11-12-21-47-44)39-18-13-15-30-14-7-8-16-38(30)39/h7-29,49H,1-6H3. The molecular formula is C46H42N2OS. The maximum absolute atomic E-state index is 11.0. The van der Waals surface area contributed by atoms with Crippen molar-refractivity contribution in [2.75, 3.05) is 0 Å². The van der Waals surface area contributed by atoms with Crippen LogP contribution in [0, 0.1) is 0 Å². The molecule has 7 aromatic rings. The van der Waals surface area contributed by atoms with Gasteiger partial charge < -0.3 is 5.11 Å². The van der Waals surface area contributed by atoms with Crippen LogP contribution in [0.3, 0.4) is 0 Å².